The second kappa shape index (κ2) is 5.74. The van der Waals surface area contributed by atoms with Crippen LogP contribution in [0.2, 0.25) is 0 Å². The van der Waals surface area contributed by atoms with Crippen LogP contribution < -0.4 is 0 Å². The smallest absolute Gasteiger partial charge is 0.287 e. The van der Waals surface area contributed by atoms with Gasteiger partial charge in [0.15, 0.2) is 0 Å². The Bertz CT molecular complexity index is 949. The van der Waals surface area contributed by atoms with Gasteiger partial charge in [0.05, 0.1) is 23.7 Å². The molecule has 0 bridgehead atoms. The van der Waals surface area contributed by atoms with Gasteiger partial charge in [0.25, 0.3) is 11.0 Å². The molecule has 0 amide bonds. The zero-order chi connectivity index (χ0) is 16.6. The summed E-state index contributed by atoms with van der Waals surface area (Å²) in [6.45, 7) is 1.78. The van der Waals surface area contributed by atoms with Crippen LogP contribution in [0.1, 0.15) is 5.69 Å². The molecule has 120 valence electrons. The third-order valence-electron chi connectivity index (χ3n) is 2.96. The monoisotopic (exact) mass is 352 g/mol. The van der Waals surface area contributed by atoms with E-state index in [0.717, 1.165) is 11.3 Å². The van der Waals surface area contributed by atoms with Crippen LogP contribution >= 0.6 is 11.8 Å². The zero-order valence-electron chi connectivity index (χ0n) is 12.5. The summed E-state index contributed by atoms with van der Waals surface area (Å²) in [6, 6.07) is 0. The van der Waals surface area contributed by atoms with Crippen LogP contribution in [-0.4, -0.2) is 50.8 Å². The maximum Gasteiger partial charge on any atom is 0.287 e. The zero-order valence-corrected chi connectivity index (χ0v) is 14.1. The number of rotatable bonds is 4. The van der Waals surface area contributed by atoms with Crippen molar-refractivity contribution in [3.63, 3.8) is 0 Å². The van der Waals surface area contributed by atoms with E-state index in [1.807, 2.05) is 6.26 Å². The van der Waals surface area contributed by atoms with Gasteiger partial charge in [-0.3, -0.25) is 0 Å². The topological polar surface area (TPSA) is 117 Å². The Kier molecular flexibility index (Phi) is 3.90. The molecule has 0 saturated heterocycles. The van der Waals surface area contributed by atoms with Gasteiger partial charge < -0.3 is 4.52 Å². The maximum absolute atomic E-state index is 11.5. The van der Waals surface area contributed by atoms with Crippen molar-refractivity contribution >= 4 is 21.6 Å². The molecule has 0 aliphatic carbocycles. The van der Waals surface area contributed by atoms with Crippen LogP contribution in [-0.2, 0) is 9.84 Å². The van der Waals surface area contributed by atoms with Gasteiger partial charge in [-0.15, -0.1) is 11.8 Å². The first-order valence-electron chi connectivity index (χ1n) is 6.35. The average Bonchev–Trinajstić information content (AvgIpc) is 3.11. The van der Waals surface area contributed by atoms with Crippen LogP contribution in [0.5, 0.6) is 0 Å². The van der Waals surface area contributed by atoms with Crippen molar-refractivity contribution in [2.75, 3.05) is 12.5 Å². The highest BCUT2D eigenvalue weighted by molar-refractivity contribution is 7.98. The Morgan fingerprint density at radius 2 is 1.96 bits per heavy atom. The van der Waals surface area contributed by atoms with Gasteiger partial charge in [-0.25, -0.2) is 23.1 Å². The van der Waals surface area contributed by atoms with Gasteiger partial charge in [-0.2, -0.15) is 10.1 Å². The molecule has 0 unspecified atom stereocenters. The molecule has 0 spiro atoms. The molecule has 0 atom stereocenters. The number of aryl methyl sites for hydroxylation is 1. The lowest BCUT2D eigenvalue weighted by Crippen LogP contribution is -2.00. The highest BCUT2D eigenvalue weighted by Gasteiger charge is 2.25. The fraction of sp³-hybridized carbons (Fsp3) is 0.250. The highest BCUT2D eigenvalue weighted by Crippen LogP contribution is 2.34. The number of hydrogen-bond donors (Lipinski definition) is 0. The molecule has 0 aromatic carbocycles. The van der Waals surface area contributed by atoms with Gasteiger partial charge in [-0.05, 0) is 18.3 Å². The van der Waals surface area contributed by atoms with E-state index < -0.39 is 9.84 Å². The van der Waals surface area contributed by atoms with E-state index in [1.165, 1.54) is 18.1 Å². The third kappa shape index (κ3) is 2.84. The Labute approximate surface area is 136 Å². The van der Waals surface area contributed by atoms with E-state index >= 15 is 0 Å². The summed E-state index contributed by atoms with van der Waals surface area (Å²) in [5.74, 6) is 0.107. The fourth-order valence-corrected chi connectivity index (χ4v) is 3.16. The summed E-state index contributed by atoms with van der Waals surface area (Å²) < 4.78 is 29.8. The summed E-state index contributed by atoms with van der Waals surface area (Å²) in [7, 11) is -3.54. The normalized spacial score (nSPS) is 11.8. The van der Waals surface area contributed by atoms with Crippen molar-refractivity contribution in [2.24, 2.45) is 0 Å². The summed E-state index contributed by atoms with van der Waals surface area (Å²) in [6.07, 6.45) is 7.57. The van der Waals surface area contributed by atoms with Crippen LogP contribution in [0.4, 0.5) is 0 Å². The largest absolute Gasteiger partial charge is 0.333 e. The van der Waals surface area contributed by atoms with Gasteiger partial charge in [-0.1, -0.05) is 0 Å². The van der Waals surface area contributed by atoms with Crippen LogP contribution in [0.3, 0.4) is 0 Å². The molecule has 3 aromatic heterocycles. The Morgan fingerprint density at radius 3 is 2.52 bits per heavy atom. The van der Waals surface area contributed by atoms with Crippen LogP contribution in [0.15, 0.2) is 33.4 Å². The molecular formula is C12H12N6O3S2. The molecule has 0 fully saturated rings. The van der Waals surface area contributed by atoms with Crippen molar-refractivity contribution < 1.29 is 12.9 Å². The number of hydrogen-bond acceptors (Lipinski definition) is 9. The lowest BCUT2D eigenvalue weighted by molar-refractivity contribution is 0.411. The lowest BCUT2D eigenvalue weighted by atomic mass is 10.2. The van der Waals surface area contributed by atoms with E-state index in [4.69, 9.17) is 4.52 Å². The molecule has 3 heterocycles. The molecular weight excluding hydrogens is 340 g/mol. The quantitative estimate of drug-likeness (QED) is 0.637. The molecule has 0 aliphatic heterocycles. The first-order valence-corrected chi connectivity index (χ1v) is 9.46. The molecule has 0 radical (unpaired) electrons. The Balaban J connectivity index is 2.17. The molecule has 0 N–H and O–H groups in total. The van der Waals surface area contributed by atoms with Crippen molar-refractivity contribution in [3.05, 3.63) is 24.4 Å². The van der Waals surface area contributed by atoms with Crippen LogP contribution in [0, 0.1) is 6.92 Å². The Morgan fingerprint density at radius 1 is 1.26 bits per heavy atom. The number of thioether (sulfide) groups is 1. The molecule has 23 heavy (non-hydrogen) atoms. The van der Waals surface area contributed by atoms with Crippen molar-refractivity contribution in [1.82, 2.24) is 29.9 Å². The van der Waals surface area contributed by atoms with Gasteiger partial charge >= 0.3 is 0 Å². The third-order valence-corrected chi connectivity index (χ3v) is 4.55. The van der Waals surface area contributed by atoms with Crippen molar-refractivity contribution in [1.29, 1.82) is 0 Å². The maximum atomic E-state index is 11.5. The minimum Gasteiger partial charge on any atom is -0.333 e. The van der Waals surface area contributed by atoms with E-state index in [2.05, 4.69) is 25.2 Å². The van der Waals surface area contributed by atoms with E-state index in [9.17, 15) is 8.42 Å². The lowest BCUT2D eigenvalue weighted by Gasteiger charge is -2.04. The predicted octanol–water partition coefficient (Wildman–Crippen LogP) is 1.15. The number of sulfone groups is 1. The van der Waals surface area contributed by atoms with E-state index in [1.54, 1.807) is 24.0 Å². The number of aromatic nitrogens is 6. The second-order valence-electron chi connectivity index (χ2n) is 4.63. The van der Waals surface area contributed by atoms with Crippen LogP contribution in [0.25, 0.3) is 17.1 Å². The minimum atomic E-state index is -3.54. The molecule has 3 rings (SSSR count). The van der Waals surface area contributed by atoms with E-state index in [0.29, 0.717) is 16.9 Å². The standard InChI is InChI=1S/C12H12N6O3S2/c1-7-9(10-15-12(17-21-10)23(3,19)20)11(22-2)18(16-7)8-4-13-6-14-5-8/h4-6H,1-3H3. The summed E-state index contributed by atoms with van der Waals surface area (Å²) in [4.78, 5) is 11.9. The fourth-order valence-electron chi connectivity index (χ4n) is 1.98. The molecule has 11 heteroatoms. The minimum absolute atomic E-state index is 0.107. The van der Waals surface area contributed by atoms with Gasteiger partial charge in [0.1, 0.15) is 17.0 Å². The molecule has 3 aromatic rings. The summed E-state index contributed by atoms with van der Waals surface area (Å²) >= 11 is 1.42. The van der Waals surface area contributed by atoms with Crippen molar-refractivity contribution in [3.8, 4) is 17.1 Å². The van der Waals surface area contributed by atoms with E-state index in [-0.39, 0.29) is 11.0 Å². The summed E-state index contributed by atoms with van der Waals surface area (Å²) in [5, 5.41) is 8.33. The van der Waals surface area contributed by atoms with Gasteiger partial charge in [0, 0.05) is 6.26 Å². The first-order chi connectivity index (χ1) is 10.9. The van der Waals surface area contributed by atoms with Crippen molar-refractivity contribution in [2.45, 2.75) is 17.1 Å². The molecule has 9 nitrogen and oxygen atoms in total. The second-order valence-corrected chi connectivity index (χ2v) is 7.34. The Hall–Kier alpha value is -2.27. The first kappa shape index (κ1) is 15.6. The molecule has 0 saturated carbocycles. The molecule has 0 aliphatic rings. The predicted molar refractivity (Wildman–Crippen MR) is 82.1 cm³/mol. The summed E-state index contributed by atoms with van der Waals surface area (Å²) in [5.41, 5.74) is 1.89. The average molecular weight is 352 g/mol. The SMILES string of the molecule is CSc1c(-c2nc(S(C)(=O)=O)no2)c(C)nn1-c1cncnc1. The van der Waals surface area contributed by atoms with Gasteiger partial charge in [0.2, 0.25) is 9.84 Å². The number of nitrogens with zero attached hydrogens (tertiary/aromatic N) is 6. The highest BCUT2D eigenvalue weighted by atomic mass is 32.2.